The predicted octanol–water partition coefficient (Wildman–Crippen LogP) is 2.60. The zero-order chi connectivity index (χ0) is 21.8. The van der Waals surface area contributed by atoms with Gasteiger partial charge in [0, 0.05) is 19.8 Å². The molecular formula is C22H21N3O5. The summed E-state index contributed by atoms with van der Waals surface area (Å²) in [6, 6.07) is 12.2. The van der Waals surface area contributed by atoms with Gasteiger partial charge in [0.1, 0.15) is 5.57 Å². The number of nitrogens with one attached hydrogen (secondary N) is 1. The molecule has 0 spiro atoms. The monoisotopic (exact) mass is 407 g/mol. The first kappa shape index (κ1) is 20.8. The molecule has 1 heterocycles. The maximum atomic E-state index is 12.9. The number of ether oxygens (including phenoxy) is 1. The number of hydrogen-bond acceptors (Lipinski definition) is 6. The topological polar surface area (TPSA) is 96.0 Å². The molecule has 0 aromatic heterocycles. The highest BCUT2D eigenvalue weighted by molar-refractivity contribution is 6.39. The molecule has 0 saturated carbocycles. The summed E-state index contributed by atoms with van der Waals surface area (Å²) >= 11 is 0. The standard InChI is InChI=1S/C22H21N3O5/c1-4-30-21(28)15-7-11-17(12-8-15)25-20(27)18(19(26)23-22(25)29)13-14-5-9-16(10-6-14)24(2)3/h5-13H,4H2,1-3H3,(H,23,26,29). The number of benzene rings is 2. The number of barbiturate groups is 1. The Balaban J connectivity index is 1.89. The molecular weight excluding hydrogens is 386 g/mol. The Hall–Kier alpha value is -3.94. The van der Waals surface area contributed by atoms with Crippen LogP contribution in [-0.4, -0.2) is 44.5 Å². The number of rotatable bonds is 5. The Morgan fingerprint density at radius 1 is 1.03 bits per heavy atom. The van der Waals surface area contributed by atoms with Crippen molar-refractivity contribution in [1.29, 1.82) is 0 Å². The smallest absolute Gasteiger partial charge is 0.338 e. The third-order valence-electron chi connectivity index (χ3n) is 4.46. The zero-order valence-corrected chi connectivity index (χ0v) is 16.8. The summed E-state index contributed by atoms with van der Waals surface area (Å²) in [5, 5.41) is 2.17. The van der Waals surface area contributed by atoms with Gasteiger partial charge in [-0.3, -0.25) is 14.9 Å². The molecule has 1 saturated heterocycles. The van der Waals surface area contributed by atoms with Gasteiger partial charge in [-0.05, 0) is 55.0 Å². The highest BCUT2D eigenvalue weighted by Crippen LogP contribution is 2.23. The number of amides is 4. The number of anilines is 2. The molecule has 154 valence electrons. The highest BCUT2D eigenvalue weighted by Gasteiger charge is 2.36. The van der Waals surface area contributed by atoms with Gasteiger partial charge in [-0.1, -0.05) is 12.1 Å². The first-order valence-corrected chi connectivity index (χ1v) is 9.28. The van der Waals surface area contributed by atoms with E-state index in [1.807, 2.05) is 31.1 Å². The summed E-state index contributed by atoms with van der Waals surface area (Å²) < 4.78 is 4.92. The van der Waals surface area contributed by atoms with Crippen molar-refractivity contribution in [3.05, 3.63) is 65.2 Å². The Kier molecular flexibility index (Phi) is 5.96. The van der Waals surface area contributed by atoms with Crippen LogP contribution in [0.25, 0.3) is 6.08 Å². The van der Waals surface area contributed by atoms with Crippen molar-refractivity contribution in [1.82, 2.24) is 5.32 Å². The lowest BCUT2D eigenvalue weighted by Crippen LogP contribution is -2.54. The van der Waals surface area contributed by atoms with Gasteiger partial charge in [0.05, 0.1) is 17.9 Å². The van der Waals surface area contributed by atoms with Crippen LogP contribution in [0.1, 0.15) is 22.8 Å². The van der Waals surface area contributed by atoms with E-state index in [0.717, 1.165) is 10.6 Å². The fraction of sp³-hybridized carbons (Fsp3) is 0.182. The van der Waals surface area contributed by atoms with Crippen LogP contribution in [0.3, 0.4) is 0 Å². The molecule has 30 heavy (non-hydrogen) atoms. The Morgan fingerprint density at radius 3 is 2.23 bits per heavy atom. The van der Waals surface area contributed by atoms with Crippen molar-refractivity contribution in [2.75, 3.05) is 30.5 Å². The average molecular weight is 407 g/mol. The summed E-state index contributed by atoms with van der Waals surface area (Å²) in [5.41, 5.74) is 1.97. The van der Waals surface area contributed by atoms with E-state index in [4.69, 9.17) is 4.74 Å². The minimum absolute atomic E-state index is 0.165. The molecule has 1 aliphatic heterocycles. The molecule has 8 heteroatoms. The molecule has 0 atom stereocenters. The molecule has 2 aromatic carbocycles. The van der Waals surface area contributed by atoms with Crippen molar-refractivity contribution in [3.8, 4) is 0 Å². The fourth-order valence-electron chi connectivity index (χ4n) is 2.89. The van der Waals surface area contributed by atoms with E-state index in [1.165, 1.54) is 30.3 Å². The quantitative estimate of drug-likeness (QED) is 0.465. The lowest BCUT2D eigenvalue weighted by atomic mass is 10.1. The largest absolute Gasteiger partial charge is 0.462 e. The Labute approximate surface area is 173 Å². The van der Waals surface area contributed by atoms with Crippen molar-refractivity contribution >= 4 is 41.3 Å². The van der Waals surface area contributed by atoms with Gasteiger partial charge in [0.25, 0.3) is 11.8 Å². The van der Waals surface area contributed by atoms with Crippen molar-refractivity contribution < 1.29 is 23.9 Å². The zero-order valence-electron chi connectivity index (χ0n) is 16.8. The van der Waals surface area contributed by atoms with Crippen LogP contribution in [-0.2, 0) is 14.3 Å². The second kappa shape index (κ2) is 8.60. The van der Waals surface area contributed by atoms with Crippen molar-refractivity contribution in [2.24, 2.45) is 0 Å². The third-order valence-corrected chi connectivity index (χ3v) is 4.46. The second-order valence-electron chi connectivity index (χ2n) is 6.71. The predicted molar refractivity (Wildman–Crippen MR) is 112 cm³/mol. The van der Waals surface area contributed by atoms with Crippen LogP contribution >= 0.6 is 0 Å². The van der Waals surface area contributed by atoms with Gasteiger partial charge < -0.3 is 9.64 Å². The van der Waals surface area contributed by atoms with E-state index < -0.39 is 23.8 Å². The van der Waals surface area contributed by atoms with E-state index in [9.17, 15) is 19.2 Å². The van der Waals surface area contributed by atoms with E-state index in [0.29, 0.717) is 11.1 Å². The maximum Gasteiger partial charge on any atom is 0.338 e. The van der Waals surface area contributed by atoms with Crippen molar-refractivity contribution in [3.63, 3.8) is 0 Å². The molecule has 1 aliphatic rings. The summed E-state index contributed by atoms with van der Waals surface area (Å²) in [6.45, 7) is 1.93. The number of carbonyl (C=O) groups excluding carboxylic acids is 4. The first-order valence-electron chi connectivity index (χ1n) is 9.28. The minimum atomic E-state index is -0.853. The normalized spacial score (nSPS) is 15.2. The number of urea groups is 1. The summed E-state index contributed by atoms with van der Waals surface area (Å²) in [6.07, 6.45) is 1.43. The van der Waals surface area contributed by atoms with Gasteiger partial charge >= 0.3 is 12.0 Å². The van der Waals surface area contributed by atoms with Gasteiger partial charge in [-0.25, -0.2) is 14.5 Å². The SMILES string of the molecule is CCOC(=O)c1ccc(N2C(=O)NC(=O)C(=Cc3ccc(N(C)C)cc3)C2=O)cc1. The summed E-state index contributed by atoms with van der Waals surface area (Å²) in [5.74, 6) is -2.01. The Morgan fingerprint density at radius 2 is 1.67 bits per heavy atom. The van der Waals surface area contributed by atoms with Crippen LogP contribution in [0.4, 0.5) is 16.2 Å². The van der Waals surface area contributed by atoms with Gasteiger partial charge in [-0.2, -0.15) is 0 Å². The van der Waals surface area contributed by atoms with E-state index in [2.05, 4.69) is 5.32 Å². The number of nitrogens with zero attached hydrogens (tertiary/aromatic N) is 2. The summed E-state index contributed by atoms with van der Waals surface area (Å²) in [7, 11) is 3.81. The maximum absolute atomic E-state index is 12.9. The lowest BCUT2D eigenvalue weighted by molar-refractivity contribution is -0.122. The molecule has 0 aliphatic carbocycles. The number of carbonyl (C=O) groups is 4. The van der Waals surface area contributed by atoms with Gasteiger partial charge in [-0.15, -0.1) is 0 Å². The molecule has 0 unspecified atom stereocenters. The minimum Gasteiger partial charge on any atom is -0.462 e. The molecule has 0 bridgehead atoms. The number of imide groups is 2. The molecule has 8 nitrogen and oxygen atoms in total. The molecule has 4 amide bonds. The molecule has 1 N–H and O–H groups in total. The third kappa shape index (κ3) is 4.22. The summed E-state index contributed by atoms with van der Waals surface area (Å²) in [4.78, 5) is 52.1. The van der Waals surface area contributed by atoms with Crippen LogP contribution < -0.4 is 15.1 Å². The van der Waals surface area contributed by atoms with Crippen LogP contribution in [0.2, 0.25) is 0 Å². The average Bonchev–Trinajstić information content (AvgIpc) is 2.72. The molecule has 3 rings (SSSR count). The first-order chi connectivity index (χ1) is 14.3. The Bertz CT molecular complexity index is 1020. The van der Waals surface area contributed by atoms with E-state index >= 15 is 0 Å². The van der Waals surface area contributed by atoms with Crippen LogP contribution in [0.15, 0.2) is 54.1 Å². The van der Waals surface area contributed by atoms with Gasteiger partial charge in [0.15, 0.2) is 0 Å². The number of hydrogen-bond donors (Lipinski definition) is 1. The van der Waals surface area contributed by atoms with Crippen LogP contribution in [0, 0.1) is 0 Å². The van der Waals surface area contributed by atoms with E-state index in [1.54, 1.807) is 19.1 Å². The van der Waals surface area contributed by atoms with E-state index in [-0.39, 0.29) is 17.9 Å². The second-order valence-corrected chi connectivity index (χ2v) is 6.71. The lowest BCUT2D eigenvalue weighted by Gasteiger charge is -2.26. The number of esters is 1. The molecule has 2 aromatic rings. The fourth-order valence-corrected chi connectivity index (χ4v) is 2.89. The highest BCUT2D eigenvalue weighted by atomic mass is 16.5. The molecule has 1 fully saturated rings. The van der Waals surface area contributed by atoms with Gasteiger partial charge in [0.2, 0.25) is 0 Å². The van der Waals surface area contributed by atoms with Crippen molar-refractivity contribution in [2.45, 2.75) is 6.92 Å². The molecule has 0 radical (unpaired) electrons. The van der Waals surface area contributed by atoms with Crippen LogP contribution in [0.5, 0.6) is 0 Å².